The van der Waals surface area contributed by atoms with Gasteiger partial charge in [0.15, 0.2) is 0 Å². The van der Waals surface area contributed by atoms with Crippen molar-refractivity contribution in [2.75, 3.05) is 31.5 Å². The van der Waals surface area contributed by atoms with Gasteiger partial charge in [-0.05, 0) is 62.6 Å². The number of carbonyl (C=O) groups is 3. The van der Waals surface area contributed by atoms with Crippen LogP contribution in [0.3, 0.4) is 0 Å². The fourth-order valence-electron chi connectivity index (χ4n) is 3.83. The van der Waals surface area contributed by atoms with E-state index in [0.29, 0.717) is 50.3 Å². The van der Waals surface area contributed by atoms with Crippen LogP contribution in [0.2, 0.25) is 0 Å². The van der Waals surface area contributed by atoms with Crippen LogP contribution in [0.1, 0.15) is 42.6 Å². The highest BCUT2D eigenvalue weighted by atomic mass is 16.2. The molecule has 1 heterocycles. The van der Waals surface area contributed by atoms with E-state index in [1.807, 2.05) is 50.3 Å². The highest BCUT2D eigenvalue weighted by molar-refractivity contribution is 5.96. The summed E-state index contributed by atoms with van der Waals surface area (Å²) in [6.45, 7) is 6.36. The van der Waals surface area contributed by atoms with Crippen molar-refractivity contribution in [3.63, 3.8) is 0 Å². The normalized spacial score (nSPS) is 14.4. The Labute approximate surface area is 189 Å². The lowest BCUT2D eigenvalue weighted by molar-refractivity contribution is -0.130. The Morgan fingerprint density at radius 1 is 0.969 bits per heavy atom. The molecule has 0 unspecified atom stereocenters. The second kappa shape index (κ2) is 11.3. The molecule has 0 spiro atoms. The zero-order valence-electron chi connectivity index (χ0n) is 18.8. The number of likely N-dealkylation sites (tertiary alicyclic amines) is 1. The van der Waals surface area contributed by atoms with E-state index in [1.165, 1.54) is 0 Å². The van der Waals surface area contributed by atoms with Crippen molar-refractivity contribution in [2.45, 2.75) is 26.7 Å². The Balaban J connectivity index is 1.48. The minimum absolute atomic E-state index is 0.00812. The third-order valence-corrected chi connectivity index (χ3v) is 5.85. The first-order chi connectivity index (χ1) is 15.5. The molecule has 2 aromatic rings. The molecular weight excluding hydrogens is 402 g/mol. The second-order valence-electron chi connectivity index (χ2n) is 7.89. The Morgan fingerprint density at radius 3 is 2.19 bits per heavy atom. The molecule has 0 aromatic heterocycles. The third-order valence-electron chi connectivity index (χ3n) is 5.85. The molecule has 6 nitrogen and oxygen atoms in total. The zero-order chi connectivity index (χ0) is 22.9. The Bertz CT molecular complexity index is 942. The number of hydrogen-bond donors (Lipinski definition) is 1. The van der Waals surface area contributed by atoms with Gasteiger partial charge in [-0.25, -0.2) is 0 Å². The zero-order valence-corrected chi connectivity index (χ0v) is 18.8. The number of anilines is 1. The van der Waals surface area contributed by atoms with Gasteiger partial charge in [0.2, 0.25) is 11.8 Å². The van der Waals surface area contributed by atoms with Crippen LogP contribution in [0.5, 0.6) is 0 Å². The van der Waals surface area contributed by atoms with Gasteiger partial charge in [0.05, 0.1) is 0 Å². The van der Waals surface area contributed by atoms with Gasteiger partial charge in [0.25, 0.3) is 5.91 Å². The van der Waals surface area contributed by atoms with Crippen LogP contribution in [0.15, 0.2) is 60.7 Å². The number of amides is 3. The highest BCUT2D eigenvalue weighted by Gasteiger charge is 2.26. The number of rotatable bonds is 7. The van der Waals surface area contributed by atoms with E-state index in [0.717, 1.165) is 5.56 Å². The predicted molar refractivity (Wildman–Crippen MR) is 127 cm³/mol. The van der Waals surface area contributed by atoms with E-state index >= 15 is 0 Å². The maximum atomic E-state index is 12.7. The van der Waals surface area contributed by atoms with Crippen molar-refractivity contribution >= 4 is 29.5 Å². The van der Waals surface area contributed by atoms with E-state index in [1.54, 1.807) is 40.1 Å². The molecule has 1 saturated heterocycles. The Morgan fingerprint density at radius 2 is 1.59 bits per heavy atom. The first kappa shape index (κ1) is 23.3. The van der Waals surface area contributed by atoms with Gasteiger partial charge in [-0.1, -0.05) is 30.3 Å². The van der Waals surface area contributed by atoms with Gasteiger partial charge in [-0.2, -0.15) is 0 Å². The molecule has 2 aromatic carbocycles. The van der Waals surface area contributed by atoms with Gasteiger partial charge in [0.1, 0.15) is 0 Å². The van der Waals surface area contributed by atoms with Crippen LogP contribution in [0.4, 0.5) is 5.69 Å². The van der Waals surface area contributed by atoms with E-state index in [-0.39, 0.29) is 23.6 Å². The summed E-state index contributed by atoms with van der Waals surface area (Å²) in [6, 6.07) is 16.7. The van der Waals surface area contributed by atoms with Crippen molar-refractivity contribution in [3.8, 4) is 0 Å². The van der Waals surface area contributed by atoms with Crippen LogP contribution in [0.25, 0.3) is 6.08 Å². The summed E-state index contributed by atoms with van der Waals surface area (Å²) in [7, 11) is 0. The number of benzene rings is 2. The van der Waals surface area contributed by atoms with E-state index < -0.39 is 0 Å². The monoisotopic (exact) mass is 433 g/mol. The average molecular weight is 434 g/mol. The minimum Gasteiger partial charge on any atom is -0.339 e. The summed E-state index contributed by atoms with van der Waals surface area (Å²) in [5, 5.41) is 2.94. The minimum atomic E-state index is -0.130. The van der Waals surface area contributed by atoms with Gasteiger partial charge in [-0.3, -0.25) is 14.4 Å². The molecule has 0 bridgehead atoms. The van der Waals surface area contributed by atoms with Gasteiger partial charge < -0.3 is 15.1 Å². The number of nitrogens with zero attached hydrogens (tertiary/aromatic N) is 2. The molecule has 0 saturated carbocycles. The largest absolute Gasteiger partial charge is 0.339 e. The lowest BCUT2D eigenvalue weighted by atomic mass is 9.95. The molecule has 1 aliphatic heterocycles. The fourth-order valence-corrected chi connectivity index (χ4v) is 3.83. The number of hydrogen-bond acceptors (Lipinski definition) is 3. The summed E-state index contributed by atoms with van der Waals surface area (Å²) in [5.74, 6) is -0.207. The summed E-state index contributed by atoms with van der Waals surface area (Å²) >= 11 is 0. The van der Waals surface area contributed by atoms with Gasteiger partial charge in [-0.15, -0.1) is 0 Å². The Kier molecular flexibility index (Phi) is 8.20. The molecule has 0 aliphatic carbocycles. The summed E-state index contributed by atoms with van der Waals surface area (Å²) in [6.07, 6.45) is 4.68. The van der Waals surface area contributed by atoms with Crippen LogP contribution in [0, 0.1) is 5.92 Å². The van der Waals surface area contributed by atoms with Crippen molar-refractivity contribution in [2.24, 2.45) is 5.92 Å². The van der Waals surface area contributed by atoms with Crippen LogP contribution < -0.4 is 5.32 Å². The first-order valence-corrected chi connectivity index (χ1v) is 11.2. The molecule has 3 rings (SSSR count). The van der Waals surface area contributed by atoms with Crippen LogP contribution in [-0.4, -0.2) is 53.7 Å². The molecule has 168 valence electrons. The third kappa shape index (κ3) is 6.06. The highest BCUT2D eigenvalue weighted by Crippen LogP contribution is 2.20. The molecule has 32 heavy (non-hydrogen) atoms. The molecule has 1 N–H and O–H groups in total. The second-order valence-corrected chi connectivity index (χ2v) is 7.89. The summed E-state index contributed by atoms with van der Waals surface area (Å²) in [4.78, 5) is 41.0. The molecule has 3 amide bonds. The fraction of sp³-hybridized carbons (Fsp3) is 0.346. The Hall–Kier alpha value is -3.41. The van der Waals surface area contributed by atoms with Gasteiger partial charge >= 0.3 is 0 Å². The molecule has 0 radical (unpaired) electrons. The van der Waals surface area contributed by atoms with Crippen molar-refractivity contribution < 1.29 is 14.4 Å². The molecule has 1 aliphatic rings. The first-order valence-electron chi connectivity index (χ1n) is 11.2. The van der Waals surface area contributed by atoms with Crippen molar-refractivity contribution in [1.29, 1.82) is 0 Å². The number of carbonyl (C=O) groups excluding carboxylic acids is 3. The quantitative estimate of drug-likeness (QED) is 0.670. The number of piperidine rings is 1. The standard InChI is InChI=1S/C26H31N3O3/c1-3-28(4-2)26(32)22-11-13-23(14-12-22)27-25(31)21-16-18-29(19-17-21)24(30)15-10-20-8-6-5-7-9-20/h5-15,21H,3-4,16-19H2,1-2H3,(H,27,31)/b15-10+. The SMILES string of the molecule is CCN(CC)C(=O)c1ccc(NC(=O)C2CCN(C(=O)/C=C/c3ccccc3)CC2)cc1. The van der Waals surface area contributed by atoms with Crippen LogP contribution in [-0.2, 0) is 9.59 Å². The molecule has 0 atom stereocenters. The smallest absolute Gasteiger partial charge is 0.253 e. The topological polar surface area (TPSA) is 69.7 Å². The lowest BCUT2D eigenvalue weighted by Crippen LogP contribution is -2.40. The molecular formula is C26H31N3O3. The van der Waals surface area contributed by atoms with Gasteiger partial charge in [0, 0.05) is 49.4 Å². The maximum Gasteiger partial charge on any atom is 0.253 e. The summed E-state index contributed by atoms with van der Waals surface area (Å²) < 4.78 is 0. The van der Waals surface area contributed by atoms with E-state index in [4.69, 9.17) is 0 Å². The number of nitrogens with one attached hydrogen (secondary N) is 1. The maximum absolute atomic E-state index is 12.7. The molecule has 6 heteroatoms. The van der Waals surface area contributed by atoms with E-state index in [9.17, 15) is 14.4 Å². The van der Waals surface area contributed by atoms with E-state index in [2.05, 4.69) is 5.32 Å². The summed E-state index contributed by atoms with van der Waals surface area (Å²) in [5.41, 5.74) is 2.28. The van der Waals surface area contributed by atoms with Crippen molar-refractivity contribution in [1.82, 2.24) is 9.80 Å². The average Bonchev–Trinajstić information content (AvgIpc) is 2.84. The molecule has 1 fully saturated rings. The van der Waals surface area contributed by atoms with Crippen molar-refractivity contribution in [3.05, 3.63) is 71.8 Å². The van der Waals surface area contributed by atoms with Crippen LogP contribution >= 0.6 is 0 Å². The predicted octanol–water partition coefficient (Wildman–Crippen LogP) is 4.06. The lowest BCUT2D eigenvalue weighted by Gasteiger charge is -2.30.